The zero-order valence-corrected chi connectivity index (χ0v) is 9.77. The Morgan fingerprint density at radius 1 is 1.50 bits per heavy atom. The van der Waals surface area contributed by atoms with Crippen LogP contribution in [0.4, 0.5) is 11.6 Å². The predicted molar refractivity (Wildman–Crippen MR) is 63.8 cm³/mol. The molecule has 1 aliphatic rings. The van der Waals surface area contributed by atoms with Gasteiger partial charge in [0.15, 0.2) is 0 Å². The quantitative estimate of drug-likeness (QED) is 0.771. The second-order valence-electron chi connectivity index (χ2n) is 4.07. The highest BCUT2D eigenvalue weighted by Gasteiger charge is 2.30. The fourth-order valence-electron chi connectivity index (χ4n) is 1.94. The zero-order valence-electron chi connectivity index (χ0n) is 9.77. The number of anilines is 2. The Morgan fingerprint density at radius 2 is 2.25 bits per heavy atom. The molecule has 0 saturated heterocycles. The Bertz CT molecular complexity index is 365. The van der Waals surface area contributed by atoms with Gasteiger partial charge in [0.25, 0.3) is 0 Å². The standard InChI is InChI=1S/C11H18N4O/c1-8-10(12-2)13-7-14-11(8)15(5-6-16)9-3-4-9/h7,9,16H,3-6H2,1-2H3,(H,12,13,14). The molecule has 5 nitrogen and oxygen atoms in total. The van der Waals surface area contributed by atoms with E-state index in [0.29, 0.717) is 12.6 Å². The molecule has 0 atom stereocenters. The molecule has 1 aromatic rings. The molecular weight excluding hydrogens is 204 g/mol. The molecule has 0 amide bonds. The van der Waals surface area contributed by atoms with Crippen molar-refractivity contribution in [2.45, 2.75) is 25.8 Å². The second kappa shape index (κ2) is 4.65. The summed E-state index contributed by atoms with van der Waals surface area (Å²) in [7, 11) is 1.85. The van der Waals surface area contributed by atoms with E-state index in [9.17, 15) is 0 Å². The third-order valence-corrected chi connectivity index (χ3v) is 2.89. The first-order chi connectivity index (χ1) is 7.77. The lowest BCUT2D eigenvalue weighted by Gasteiger charge is -2.24. The van der Waals surface area contributed by atoms with Gasteiger partial charge in [-0.2, -0.15) is 0 Å². The summed E-state index contributed by atoms with van der Waals surface area (Å²) in [6.07, 6.45) is 3.96. The molecule has 1 aromatic heterocycles. The summed E-state index contributed by atoms with van der Waals surface area (Å²) in [6.45, 7) is 2.81. The summed E-state index contributed by atoms with van der Waals surface area (Å²) in [5.74, 6) is 1.80. The first kappa shape index (κ1) is 11.1. The third-order valence-electron chi connectivity index (χ3n) is 2.89. The highest BCUT2D eigenvalue weighted by Crippen LogP contribution is 2.33. The lowest BCUT2D eigenvalue weighted by molar-refractivity contribution is 0.301. The molecule has 1 heterocycles. The van der Waals surface area contributed by atoms with E-state index in [-0.39, 0.29) is 6.61 Å². The molecule has 0 spiro atoms. The van der Waals surface area contributed by atoms with Crippen molar-refractivity contribution < 1.29 is 5.11 Å². The Labute approximate surface area is 95.5 Å². The summed E-state index contributed by atoms with van der Waals surface area (Å²) >= 11 is 0. The van der Waals surface area contributed by atoms with Gasteiger partial charge in [0.2, 0.25) is 0 Å². The number of hydrogen-bond donors (Lipinski definition) is 2. The SMILES string of the molecule is CNc1ncnc(N(CCO)C2CC2)c1C. The van der Waals surface area contributed by atoms with Crippen LogP contribution < -0.4 is 10.2 Å². The van der Waals surface area contributed by atoms with E-state index < -0.39 is 0 Å². The van der Waals surface area contributed by atoms with Crippen molar-refractivity contribution in [2.75, 3.05) is 30.4 Å². The number of nitrogens with zero attached hydrogens (tertiary/aromatic N) is 3. The van der Waals surface area contributed by atoms with Crippen LogP contribution in [0.3, 0.4) is 0 Å². The minimum Gasteiger partial charge on any atom is -0.395 e. The van der Waals surface area contributed by atoms with Crippen LogP contribution in [-0.4, -0.2) is 41.3 Å². The number of nitrogens with one attached hydrogen (secondary N) is 1. The van der Waals surface area contributed by atoms with E-state index in [0.717, 1.165) is 17.2 Å². The fourth-order valence-corrected chi connectivity index (χ4v) is 1.94. The van der Waals surface area contributed by atoms with E-state index >= 15 is 0 Å². The van der Waals surface area contributed by atoms with Crippen LogP contribution in [0.1, 0.15) is 18.4 Å². The maximum Gasteiger partial charge on any atom is 0.137 e. The molecule has 5 heteroatoms. The van der Waals surface area contributed by atoms with E-state index in [2.05, 4.69) is 20.2 Å². The molecule has 2 rings (SSSR count). The Balaban J connectivity index is 2.29. The van der Waals surface area contributed by atoms with Gasteiger partial charge < -0.3 is 15.3 Å². The van der Waals surface area contributed by atoms with Gasteiger partial charge in [0.05, 0.1) is 6.61 Å². The first-order valence-electron chi connectivity index (χ1n) is 5.64. The summed E-state index contributed by atoms with van der Waals surface area (Å²) < 4.78 is 0. The Hall–Kier alpha value is -1.36. The average molecular weight is 222 g/mol. The van der Waals surface area contributed by atoms with Crippen LogP contribution in [0.5, 0.6) is 0 Å². The summed E-state index contributed by atoms with van der Waals surface area (Å²) in [5, 5.41) is 12.1. The van der Waals surface area contributed by atoms with E-state index in [1.54, 1.807) is 6.33 Å². The third kappa shape index (κ3) is 2.09. The van der Waals surface area contributed by atoms with Crippen LogP contribution in [0.25, 0.3) is 0 Å². The predicted octanol–water partition coefficient (Wildman–Crippen LogP) is 0.788. The van der Waals surface area contributed by atoms with Gasteiger partial charge in [0.1, 0.15) is 18.0 Å². The van der Waals surface area contributed by atoms with Crippen LogP contribution >= 0.6 is 0 Å². The zero-order chi connectivity index (χ0) is 11.5. The maximum absolute atomic E-state index is 9.09. The second-order valence-corrected chi connectivity index (χ2v) is 4.07. The number of aromatic nitrogens is 2. The van der Waals surface area contributed by atoms with Crippen molar-refractivity contribution in [3.05, 3.63) is 11.9 Å². The Morgan fingerprint density at radius 3 is 2.81 bits per heavy atom. The van der Waals surface area contributed by atoms with Crippen molar-refractivity contribution in [1.29, 1.82) is 0 Å². The van der Waals surface area contributed by atoms with Gasteiger partial charge in [-0.05, 0) is 19.8 Å². The van der Waals surface area contributed by atoms with Crippen LogP contribution in [0.15, 0.2) is 6.33 Å². The maximum atomic E-state index is 9.09. The smallest absolute Gasteiger partial charge is 0.137 e. The van der Waals surface area contributed by atoms with Gasteiger partial charge in [-0.25, -0.2) is 9.97 Å². The normalized spacial score (nSPS) is 14.9. The van der Waals surface area contributed by atoms with Crippen LogP contribution in [0.2, 0.25) is 0 Å². The largest absolute Gasteiger partial charge is 0.395 e. The molecule has 0 bridgehead atoms. The van der Waals surface area contributed by atoms with Crippen LogP contribution in [0, 0.1) is 6.92 Å². The molecule has 1 saturated carbocycles. The van der Waals surface area contributed by atoms with Crippen molar-refractivity contribution in [2.24, 2.45) is 0 Å². The molecular formula is C11H18N4O. The highest BCUT2D eigenvalue weighted by atomic mass is 16.3. The number of rotatable bonds is 5. The minimum atomic E-state index is 0.162. The van der Waals surface area contributed by atoms with E-state index in [1.807, 2.05) is 14.0 Å². The van der Waals surface area contributed by atoms with Crippen LogP contribution in [-0.2, 0) is 0 Å². The summed E-state index contributed by atoms with van der Waals surface area (Å²) in [5.41, 5.74) is 1.05. The molecule has 0 radical (unpaired) electrons. The van der Waals surface area contributed by atoms with Crippen molar-refractivity contribution in [1.82, 2.24) is 9.97 Å². The van der Waals surface area contributed by atoms with E-state index in [4.69, 9.17) is 5.11 Å². The number of hydrogen-bond acceptors (Lipinski definition) is 5. The van der Waals surface area contributed by atoms with Gasteiger partial charge >= 0.3 is 0 Å². The van der Waals surface area contributed by atoms with Gasteiger partial charge in [-0.3, -0.25) is 0 Å². The molecule has 0 aromatic carbocycles. The minimum absolute atomic E-state index is 0.162. The van der Waals surface area contributed by atoms with E-state index in [1.165, 1.54) is 12.8 Å². The van der Waals surface area contributed by atoms with Gasteiger partial charge in [0, 0.05) is 25.2 Å². The Kier molecular flexibility index (Phi) is 3.24. The number of aliphatic hydroxyl groups is 1. The topological polar surface area (TPSA) is 61.3 Å². The summed E-state index contributed by atoms with van der Waals surface area (Å²) in [4.78, 5) is 10.7. The fraction of sp³-hybridized carbons (Fsp3) is 0.636. The molecule has 1 aliphatic carbocycles. The first-order valence-corrected chi connectivity index (χ1v) is 5.64. The molecule has 88 valence electrons. The number of aliphatic hydroxyl groups excluding tert-OH is 1. The average Bonchev–Trinajstić information content (AvgIpc) is 3.11. The lowest BCUT2D eigenvalue weighted by Crippen LogP contribution is -2.30. The molecule has 1 fully saturated rings. The highest BCUT2D eigenvalue weighted by molar-refractivity contribution is 5.58. The molecule has 0 unspecified atom stereocenters. The monoisotopic (exact) mass is 222 g/mol. The van der Waals surface area contributed by atoms with Crippen molar-refractivity contribution in [3.63, 3.8) is 0 Å². The molecule has 2 N–H and O–H groups in total. The van der Waals surface area contributed by atoms with Crippen molar-refractivity contribution >= 4 is 11.6 Å². The van der Waals surface area contributed by atoms with Gasteiger partial charge in [-0.1, -0.05) is 0 Å². The summed E-state index contributed by atoms with van der Waals surface area (Å²) in [6, 6.07) is 0.547. The van der Waals surface area contributed by atoms with Gasteiger partial charge in [-0.15, -0.1) is 0 Å². The van der Waals surface area contributed by atoms with Crippen molar-refractivity contribution in [3.8, 4) is 0 Å². The lowest BCUT2D eigenvalue weighted by atomic mass is 10.2. The molecule has 0 aliphatic heterocycles. The molecule has 16 heavy (non-hydrogen) atoms.